The molecule has 0 heterocycles. The van der Waals surface area contributed by atoms with Gasteiger partial charge in [0, 0.05) is 16.5 Å². The average Bonchev–Trinajstić information content (AvgIpc) is 2.34. The summed E-state index contributed by atoms with van der Waals surface area (Å²) in [6, 6.07) is 6.31. The van der Waals surface area contributed by atoms with Gasteiger partial charge in [0.1, 0.15) is 0 Å². The third-order valence-corrected chi connectivity index (χ3v) is 2.51. The predicted octanol–water partition coefficient (Wildman–Crippen LogP) is 1.13. The van der Waals surface area contributed by atoms with E-state index in [9.17, 15) is 14.4 Å². The van der Waals surface area contributed by atoms with Gasteiger partial charge in [0.15, 0.2) is 5.78 Å². The minimum absolute atomic E-state index is 0.0107. The lowest BCUT2D eigenvalue weighted by molar-refractivity contribution is -0.117. The molecule has 0 aromatic heterocycles. The number of hydrogen-bond donors (Lipinski definition) is 2. The van der Waals surface area contributed by atoms with Crippen LogP contribution in [0.25, 0.3) is 0 Å². The maximum absolute atomic E-state index is 12.0. The Morgan fingerprint density at radius 2 is 1.53 bits per heavy atom. The molecule has 5 heteroatoms. The number of nitrogens with one attached hydrogen (secondary N) is 1. The molecule has 0 aliphatic carbocycles. The number of carbonyl (C=O) groups is 3. The first kappa shape index (κ1) is 14.9. The fraction of sp³-hybridized carbons (Fsp3) is 0.357. The number of ketones is 1. The van der Waals surface area contributed by atoms with Gasteiger partial charge in [-0.05, 0) is 12.1 Å². The molecular formula is C14H18N2O3. The van der Waals surface area contributed by atoms with Crippen LogP contribution in [0.2, 0.25) is 0 Å². The average molecular weight is 262 g/mol. The first-order valence-electron chi connectivity index (χ1n) is 5.93. The molecule has 1 aromatic carbocycles. The van der Waals surface area contributed by atoms with Crippen LogP contribution in [0.3, 0.4) is 0 Å². The van der Waals surface area contributed by atoms with Crippen LogP contribution in [0.4, 0.5) is 0 Å². The molecule has 102 valence electrons. The van der Waals surface area contributed by atoms with E-state index in [4.69, 9.17) is 5.73 Å². The highest BCUT2D eigenvalue weighted by Gasteiger charge is 2.22. The lowest BCUT2D eigenvalue weighted by atomic mass is 9.86. The van der Waals surface area contributed by atoms with E-state index in [-0.39, 0.29) is 12.3 Å². The van der Waals surface area contributed by atoms with Gasteiger partial charge in [-0.3, -0.25) is 14.4 Å². The first-order valence-corrected chi connectivity index (χ1v) is 5.93. The Morgan fingerprint density at radius 1 is 1.05 bits per heavy atom. The third-order valence-electron chi connectivity index (χ3n) is 2.51. The maximum Gasteiger partial charge on any atom is 0.251 e. The van der Waals surface area contributed by atoms with Gasteiger partial charge in [-0.2, -0.15) is 0 Å². The highest BCUT2D eigenvalue weighted by molar-refractivity contribution is 6.01. The summed E-state index contributed by atoms with van der Waals surface area (Å²) in [5.41, 5.74) is 5.41. The molecule has 1 rings (SSSR count). The van der Waals surface area contributed by atoms with Crippen LogP contribution < -0.4 is 11.1 Å². The number of rotatable bonds is 4. The number of benzene rings is 1. The molecule has 19 heavy (non-hydrogen) atoms. The molecule has 0 spiro atoms. The number of nitrogens with two attached hydrogens (primary N) is 1. The number of carbonyl (C=O) groups excluding carboxylic acids is 3. The normalized spacial score (nSPS) is 10.9. The zero-order valence-electron chi connectivity index (χ0n) is 11.3. The Hall–Kier alpha value is -2.17. The Bertz CT molecular complexity index is 498. The van der Waals surface area contributed by atoms with Crippen LogP contribution in [0.15, 0.2) is 24.3 Å². The van der Waals surface area contributed by atoms with E-state index in [1.165, 1.54) is 0 Å². The van der Waals surface area contributed by atoms with E-state index < -0.39 is 17.2 Å². The number of amides is 2. The Balaban J connectivity index is 2.79. The van der Waals surface area contributed by atoms with Gasteiger partial charge < -0.3 is 11.1 Å². The van der Waals surface area contributed by atoms with Crippen molar-refractivity contribution in [2.45, 2.75) is 20.8 Å². The Morgan fingerprint density at radius 3 is 1.95 bits per heavy atom. The van der Waals surface area contributed by atoms with Gasteiger partial charge in [-0.25, -0.2) is 0 Å². The summed E-state index contributed by atoms with van der Waals surface area (Å²) < 4.78 is 0. The monoisotopic (exact) mass is 262 g/mol. The topological polar surface area (TPSA) is 89.3 Å². The highest BCUT2D eigenvalue weighted by Crippen LogP contribution is 2.20. The van der Waals surface area contributed by atoms with Crippen LogP contribution in [-0.4, -0.2) is 24.1 Å². The predicted molar refractivity (Wildman–Crippen MR) is 71.8 cm³/mol. The van der Waals surface area contributed by atoms with Crippen LogP contribution in [0, 0.1) is 5.41 Å². The van der Waals surface area contributed by atoms with Gasteiger partial charge in [0.2, 0.25) is 5.91 Å². The standard InChI is InChI=1S/C14H18N2O3/c1-14(2,3)12(18)9-4-6-10(7-5-9)13(19)16-8-11(15)17/h4-7H,8H2,1-3H3,(H2,15,17)(H,16,19). The van der Waals surface area contributed by atoms with Crippen molar-refractivity contribution in [2.24, 2.45) is 11.1 Å². The van der Waals surface area contributed by atoms with Gasteiger partial charge in [-0.1, -0.05) is 32.9 Å². The SMILES string of the molecule is CC(C)(C)C(=O)c1ccc(C(=O)NCC(N)=O)cc1. The molecule has 2 amide bonds. The summed E-state index contributed by atoms with van der Waals surface area (Å²) in [5, 5.41) is 2.38. The molecule has 0 aliphatic heterocycles. The molecular weight excluding hydrogens is 244 g/mol. The van der Waals surface area contributed by atoms with E-state index in [0.29, 0.717) is 11.1 Å². The van der Waals surface area contributed by atoms with E-state index in [1.807, 2.05) is 20.8 Å². The quantitative estimate of drug-likeness (QED) is 0.797. The van der Waals surface area contributed by atoms with E-state index in [2.05, 4.69) is 5.32 Å². The minimum Gasteiger partial charge on any atom is -0.368 e. The second-order valence-corrected chi connectivity index (χ2v) is 5.31. The lowest BCUT2D eigenvalue weighted by Gasteiger charge is -2.16. The van der Waals surface area contributed by atoms with Crippen molar-refractivity contribution in [1.82, 2.24) is 5.32 Å². The van der Waals surface area contributed by atoms with Crippen LogP contribution in [-0.2, 0) is 4.79 Å². The van der Waals surface area contributed by atoms with Crippen molar-refractivity contribution >= 4 is 17.6 Å². The molecule has 0 bridgehead atoms. The molecule has 3 N–H and O–H groups in total. The number of hydrogen-bond acceptors (Lipinski definition) is 3. The molecule has 0 saturated carbocycles. The summed E-state index contributed by atoms with van der Waals surface area (Å²) in [4.78, 5) is 34.2. The van der Waals surface area contributed by atoms with E-state index in [1.54, 1.807) is 24.3 Å². The smallest absolute Gasteiger partial charge is 0.251 e. The summed E-state index contributed by atoms with van der Waals surface area (Å²) in [6.07, 6.45) is 0. The van der Waals surface area contributed by atoms with Crippen molar-refractivity contribution in [3.8, 4) is 0 Å². The largest absolute Gasteiger partial charge is 0.368 e. The van der Waals surface area contributed by atoms with Crippen molar-refractivity contribution in [3.63, 3.8) is 0 Å². The second kappa shape index (κ2) is 5.65. The number of Topliss-reactive ketones (excluding diaryl/α,β-unsaturated/α-hetero) is 1. The van der Waals surface area contributed by atoms with E-state index >= 15 is 0 Å². The van der Waals surface area contributed by atoms with Gasteiger partial charge >= 0.3 is 0 Å². The van der Waals surface area contributed by atoms with Crippen molar-refractivity contribution in [2.75, 3.05) is 6.54 Å². The fourth-order valence-electron chi connectivity index (χ4n) is 1.48. The molecule has 1 aromatic rings. The molecule has 0 saturated heterocycles. The van der Waals surface area contributed by atoms with Crippen molar-refractivity contribution in [3.05, 3.63) is 35.4 Å². The van der Waals surface area contributed by atoms with Crippen LogP contribution >= 0.6 is 0 Å². The molecule has 0 atom stereocenters. The Kier molecular flexibility index (Phi) is 4.43. The van der Waals surface area contributed by atoms with Crippen molar-refractivity contribution in [1.29, 1.82) is 0 Å². The molecule has 5 nitrogen and oxygen atoms in total. The lowest BCUT2D eigenvalue weighted by Crippen LogP contribution is -2.33. The zero-order chi connectivity index (χ0) is 14.6. The second-order valence-electron chi connectivity index (χ2n) is 5.31. The maximum atomic E-state index is 12.0. The van der Waals surface area contributed by atoms with Crippen LogP contribution in [0.5, 0.6) is 0 Å². The first-order chi connectivity index (χ1) is 8.71. The number of primary amides is 1. The molecule has 0 aliphatic rings. The molecule has 0 unspecified atom stereocenters. The minimum atomic E-state index is -0.604. The summed E-state index contributed by atoms with van der Waals surface area (Å²) >= 11 is 0. The fourth-order valence-corrected chi connectivity index (χ4v) is 1.48. The Labute approximate surface area is 112 Å². The summed E-state index contributed by atoms with van der Waals surface area (Å²) in [6.45, 7) is 5.30. The molecule has 0 radical (unpaired) electrons. The van der Waals surface area contributed by atoms with Crippen molar-refractivity contribution < 1.29 is 14.4 Å². The van der Waals surface area contributed by atoms with Gasteiger partial charge in [-0.15, -0.1) is 0 Å². The highest BCUT2D eigenvalue weighted by atomic mass is 16.2. The van der Waals surface area contributed by atoms with E-state index in [0.717, 1.165) is 0 Å². The van der Waals surface area contributed by atoms with Gasteiger partial charge in [0.25, 0.3) is 5.91 Å². The molecule has 0 fully saturated rings. The summed E-state index contributed by atoms with van der Waals surface area (Å²) in [7, 11) is 0. The third kappa shape index (κ3) is 4.21. The van der Waals surface area contributed by atoms with Gasteiger partial charge in [0.05, 0.1) is 6.54 Å². The van der Waals surface area contributed by atoms with Crippen LogP contribution in [0.1, 0.15) is 41.5 Å². The summed E-state index contributed by atoms with van der Waals surface area (Å²) in [5.74, 6) is -0.988. The zero-order valence-corrected chi connectivity index (χ0v) is 11.3.